The number of thiazole rings is 1. The molecule has 1 aromatic heterocycles. The number of alkyl halides is 3. The van der Waals surface area contributed by atoms with E-state index in [4.69, 9.17) is 4.74 Å². The molecule has 0 aliphatic carbocycles. The Balaban J connectivity index is 2.20. The lowest BCUT2D eigenvalue weighted by Crippen LogP contribution is -2.54. The highest BCUT2D eigenvalue weighted by Gasteiger charge is 2.65. The highest BCUT2D eigenvalue weighted by atomic mass is 32.1. The third-order valence-electron chi connectivity index (χ3n) is 3.72. The number of nitro groups is 1. The summed E-state index contributed by atoms with van der Waals surface area (Å²) in [7, 11) is 3.51. The molecule has 1 aromatic carbocycles. The maximum absolute atomic E-state index is 13.8. The van der Waals surface area contributed by atoms with Crippen LogP contribution in [0.4, 0.5) is 18.9 Å². The maximum atomic E-state index is 13.8. The Hall–Kier alpha value is -3.29. The average molecular weight is 431 g/mol. The largest absolute Gasteiger partial charge is 0.465 e. The SMILES string of the molecule is COC(=O)[C@]1(C(F)(F)F)N=C(c2nc3ccc([N+](=O)[O-])cc3s2)OC(N(C)C)=N1. The number of fused-ring (bicyclic) bond motifs is 1. The molecule has 0 saturated heterocycles. The van der Waals surface area contributed by atoms with E-state index in [1.54, 1.807) is 0 Å². The van der Waals surface area contributed by atoms with Crippen LogP contribution in [0.3, 0.4) is 0 Å². The Kier molecular flexibility index (Phi) is 4.90. The molecular weight excluding hydrogens is 419 g/mol. The molecule has 0 radical (unpaired) electrons. The van der Waals surface area contributed by atoms with E-state index in [1.165, 1.54) is 32.3 Å². The minimum Gasteiger partial charge on any atom is -0.465 e. The number of rotatable bonds is 3. The van der Waals surface area contributed by atoms with Crippen molar-refractivity contribution in [2.75, 3.05) is 21.2 Å². The van der Waals surface area contributed by atoms with Gasteiger partial charge in [0, 0.05) is 26.2 Å². The number of amidine groups is 1. The lowest BCUT2D eigenvalue weighted by molar-refractivity contribution is -0.384. The van der Waals surface area contributed by atoms with Crippen LogP contribution in [0, 0.1) is 10.1 Å². The number of carbonyl (C=O) groups is 1. The highest BCUT2D eigenvalue weighted by Crippen LogP contribution is 2.39. The summed E-state index contributed by atoms with van der Waals surface area (Å²) < 4.78 is 51.4. The zero-order valence-corrected chi connectivity index (χ0v) is 15.9. The molecule has 10 nitrogen and oxygen atoms in total. The molecule has 154 valence electrons. The first kappa shape index (κ1) is 20.4. The van der Waals surface area contributed by atoms with Crippen LogP contribution in [-0.2, 0) is 14.3 Å². The van der Waals surface area contributed by atoms with Gasteiger partial charge < -0.3 is 14.4 Å². The van der Waals surface area contributed by atoms with Gasteiger partial charge in [-0.1, -0.05) is 0 Å². The second-order valence-electron chi connectivity index (χ2n) is 5.90. The molecular formula is C15H12F3N5O5S. The molecule has 0 fully saturated rings. The number of nitro benzene ring substituents is 1. The van der Waals surface area contributed by atoms with Gasteiger partial charge in [0.05, 0.1) is 22.2 Å². The summed E-state index contributed by atoms with van der Waals surface area (Å²) in [6.45, 7) is 0. The molecule has 2 aromatic rings. The van der Waals surface area contributed by atoms with Gasteiger partial charge in [-0.15, -0.1) is 11.3 Å². The summed E-state index contributed by atoms with van der Waals surface area (Å²) in [5.41, 5.74) is -3.50. The quantitative estimate of drug-likeness (QED) is 0.416. The van der Waals surface area contributed by atoms with E-state index in [-0.39, 0.29) is 16.2 Å². The van der Waals surface area contributed by atoms with E-state index >= 15 is 0 Å². The number of non-ortho nitro benzene ring substituents is 1. The lowest BCUT2D eigenvalue weighted by Gasteiger charge is -2.31. The molecule has 1 aliphatic rings. The molecule has 0 bridgehead atoms. The average Bonchev–Trinajstić information content (AvgIpc) is 3.09. The molecule has 1 atom stereocenters. The van der Waals surface area contributed by atoms with Crippen molar-refractivity contribution < 1.29 is 32.4 Å². The van der Waals surface area contributed by atoms with Crippen molar-refractivity contribution in [1.82, 2.24) is 9.88 Å². The van der Waals surface area contributed by atoms with Gasteiger partial charge in [0.2, 0.25) is 0 Å². The first-order valence-corrected chi connectivity index (χ1v) is 8.55. The molecule has 0 spiro atoms. The fourth-order valence-electron chi connectivity index (χ4n) is 2.32. The molecule has 2 heterocycles. The monoisotopic (exact) mass is 431 g/mol. The van der Waals surface area contributed by atoms with Crippen molar-refractivity contribution in [2.45, 2.75) is 11.8 Å². The third kappa shape index (κ3) is 3.46. The molecule has 0 unspecified atom stereocenters. The fourth-order valence-corrected chi connectivity index (χ4v) is 3.24. The number of aromatic nitrogens is 1. The summed E-state index contributed by atoms with van der Waals surface area (Å²) in [4.78, 5) is 34.3. The number of ether oxygens (including phenoxy) is 2. The Morgan fingerprint density at radius 1 is 1.34 bits per heavy atom. The molecule has 29 heavy (non-hydrogen) atoms. The number of methoxy groups -OCH3 is 1. The van der Waals surface area contributed by atoms with Gasteiger partial charge in [0.15, 0.2) is 5.01 Å². The summed E-state index contributed by atoms with van der Waals surface area (Å²) in [6.07, 6.45) is -5.23. The number of carbonyl (C=O) groups excluding carboxylic acids is 1. The van der Waals surface area contributed by atoms with Crippen LogP contribution in [-0.4, -0.2) is 65.7 Å². The molecule has 14 heteroatoms. The Labute approximate surface area is 164 Å². The summed E-state index contributed by atoms with van der Waals surface area (Å²) in [6, 6.07) is 3.23. The highest BCUT2D eigenvalue weighted by molar-refractivity contribution is 7.20. The fraction of sp³-hybridized carbons (Fsp3) is 0.333. The smallest absolute Gasteiger partial charge is 0.446 e. The van der Waals surface area contributed by atoms with Crippen LogP contribution < -0.4 is 0 Å². The second-order valence-corrected chi connectivity index (χ2v) is 6.93. The van der Waals surface area contributed by atoms with Gasteiger partial charge in [-0.2, -0.15) is 23.2 Å². The predicted octanol–water partition coefficient (Wildman–Crippen LogP) is 2.33. The number of nitrogens with zero attached hydrogens (tertiary/aromatic N) is 5. The normalized spacial score (nSPS) is 19.2. The summed E-state index contributed by atoms with van der Waals surface area (Å²) in [5, 5.41) is 10.8. The minimum atomic E-state index is -5.23. The molecule has 0 saturated carbocycles. The minimum absolute atomic E-state index is 0.118. The Morgan fingerprint density at radius 3 is 2.59 bits per heavy atom. The maximum Gasteiger partial charge on any atom is 0.446 e. The van der Waals surface area contributed by atoms with Gasteiger partial charge in [-0.05, 0) is 6.07 Å². The Morgan fingerprint density at radius 2 is 2.03 bits per heavy atom. The summed E-state index contributed by atoms with van der Waals surface area (Å²) >= 11 is 0.815. The van der Waals surface area contributed by atoms with Crippen molar-refractivity contribution >= 4 is 45.1 Å². The van der Waals surface area contributed by atoms with Crippen LogP contribution in [0.1, 0.15) is 5.01 Å². The van der Waals surface area contributed by atoms with E-state index < -0.39 is 34.7 Å². The van der Waals surface area contributed by atoms with E-state index in [2.05, 4.69) is 19.7 Å². The van der Waals surface area contributed by atoms with E-state index in [0.29, 0.717) is 4.70 Å². The second kappa shape index (κ2) is 6.95. The van der Waals surface area contributed by atoms with E-state index in [9.17, 15) is 28.1 Å². The number of hydrogen-bond donors (Lipinski definition) is 0. The van der Waals surface area contributed by atoms with Crippen molar-refractivity contribution in [3.05, 3.63) is 33.3 Å². The number of aliphatic imine (C=N–C) groups is 2. The topological polar surface area (TPSA) is 120 Å². The van der Waals surface area contributed by atoms with Gasteiger partial charge in [0.25, 0.3) is 17.6 Å². The first-order valence-electron chi connectivity index (χ1n) is 7.74. The number of benzene rings is 1. The zero-order valence-electron chi connectivity index (χ0n) is 15.1. The van der Waals surface area contributed by atoms with Gasteiger partial charge in [-0.25, -0.2) is 9.78 Å². The van der Waals surface area contributed by atoms with Crippen molar-refractivity contribution in [2.24, 2.45) is 9.98 Å². The van der Waals surface area contributed by atoms with Crippen LogP contribution >= 0.6 is 11.3 Å². The number of esters is 1. The van der Waals surface area contributed by atoms with Crippen molar-refractivity contribution in [3.63, 3.8) is 0 Å². The molecule has 3 rings (SSSR count). The first-order chi connectivity index (χ1) is 13.5. The predicted molar refractivity (Wildman–Crippen MR) is 95.8 cm³/mol. The number of halogens is 3. The van der Waals surface area contributed by atoms with Crippen LogP contribution in [0.2, 0.25) is 0 Å². The van der Waals surface area contributed by atoms with Gasteiger partial charge >= 0.3 is 17.8 Å². The van der Waals surface area contributed by atoms with Crippen molar-refractivity contribution in [1.29, 1.82) is 0 Å². The Bertz CT molecular complexity index is 1060. The van der Waals surface area contributed by atoms with Crippen molar-refractivity contribution in [3.8, 4) is 0 Å². The summed E-state index contributed by atoms with van der Waals surface area (Å²) in [5.74, 6) is -2.36. The number of hydrogen-bond acceptors (Lipinski definition) is 10. The molecule has 0 amide bonds. The van der Waals surface area contributed by atoms with Gasteiger partial charge in [0.1, 0.15) is 0 Å². The van der Waals surface area contributed by atoms with Gasteiger partial charge in [-0.3, -0.25) is 10.1 Å². The van der Waals surface area contributed by atoms with E-state index in [0.717, 1.165) is 23.3 Å². The zero-order chi connectivity index (χ0) is 21.6. The lowest BCUT2D eigenvalue weighted by atomic mass is 10.1. The third-order valence-corrected chi connectivity index (χ3v) is 4.73. The standard InChI is InChI=1S/C15H12F3N5O5S/c1-22(2)13-21-14(12(24)27-3,15(16,17)18)20-10(28-13)11-19-8-5-4-7(23(25)26)6-9(8)29-11/h4-6H,1-3H3/t14-/m0/s1. The van der Waals surface area contributed by atoms with E-state index in [1.807, 2.05) is 0 Å². The van der Waals surface area contributed by atoms with Crippen LogP contribution in [0.15, 0.2) is 28.2 Å². The molecule has 0 N–H and O–H groups in total. The molecule has 1 aliphatic heterocycles. The van der Waals surface area contributed by atoms with Crippen LogP contribution in [0.25, 0.3) is 10.2 Å². The van der Waals surface area contributed by atoms with Crippen LogP contribution in [0.5, 0.6) is 0 Å².